The van der Waals surface area contributed by atoms with Crippen molar-refractivity contribution in [1.29, 1.82) is 0 Å². The summed E-state index contributed by atoms with van der Waals surface area (Å²) in [5, 5.41) is 11.1. The van der Waals surface area contributed by atoms with Crippen molar-refractivity contribution < 1.29 is 9.42 Å². The van der Waals surface area contributed by atoms with Crippen molar-refractivity contribution in [2.75, 3.05) is 37.6 Å². The number of carbonyl (C=O) groups is 1. The Bertz CT molecular complexity index is 788. The molecule has 0 bridgehead atoms. The van der Waals surface area contributed by atoms with Crippen molar-refractivity contribution in [2.45, 2.75) is 31.7 Å². The van der Waals surface area contributed by atoms with Crippen LogP contribution in [-0.4, -0.2) is 59.9 Å². The van der Waals surface area contributed by atoms with Crippen LogP contribution in [0.2, 0.25) is 0 Å². The lowest BCUT2D eigenvalue weighted by Crippen LogP contribution is -2.51. The third kappa shape index (κ3) is 2.97. The lowest BCUT2D eigenvalue weighted by Gasteiger charge is -2.42. The summed E-state index contributed by atoms with van der Waals surface area (Å²) in [7, 11) is 0. The van der Waals surface area contributed by atoms with Gasteiger partial charge in [0.1, 0.15) is 5.52 Å². The quantitative estimate of drug-likeness (QED) is 0.891. The molecule has 2 saturated heterocycles. The number of aromatic nitrogens is 2. The van der Waals surface area contributed by atoms with Gasteiger partial charge in [0.2, 0.25) is 0 Å². The Morgan fingerprint density at radius 1 is 1.20 bits per heavy atom. The molecule has 3 heterocycles. The monoisotopic (exact) mass is 341 g/mol. The third-order valence-corrected chi connectivity index (χ3v) is 5.53. The molecule has 0 radical (unpaired) electrons. The molecule has 1 aromatic carbocycles. The molecule has 132 valence electrons. The Morgan fingerprint density at radius 2 is 2.00 bits per heavy atom. The number of benzene rings is 1. The third-order valence-electron chi connectivity index (χ3n) is 5.53. The Labute approximate surface area is 146 Å². The van der Waals surface area contributed by atoms with Crippen LogP contribution < -0.4 is 10.2 Å². The van der Waals surface area contributed by atoms with Gasteiger partial charge in [-0.25, -0.2) is 4.63 Å². The molecule has 3 aliphatic rings. The Balaban J connectivity index is 1.33. The van der Waals surface area contributed by atoms with Crippen molar-refractivity contribution in [2.24, 2.45) is 5.92 Å². The number of nitrogens with zero attached hydrogens (tertiary/aromatic N) is 4. The van der Waals surface area contributed by atoms with Crippen LogP contribution in [0.1, 0.15) is 36.0 Å². The number of fused-ring (bicyclic) bond motifs is 1. The minimum Gasteiger partial charge on any atom is -0.369 e. The van der Waals surface area contributed by atoms with E-state index >= 15 is 0 Å². The zero-order valence-electron chi connectivity index (χ0n) is 14.3. The van der Waals surface area contributed by atoms with Crippen molar-refractivity contribution in [1.82, 2.24) is 20.5 Å². The average Bonchev–Trinajstić information content (AvgIpc) is 3.06. The maximum absolute atomic E-state index is 12.4. The van der Waals surface area contributed by atoms with Gasteiger partial charge < -0.3 is 15.1 Å². The lowest BCUT2D eigenvalue weighted by atomic mass is 9.97. The molecule has 0 unspecified atom stereocenters. The van der Waals surface area contributed by atoms with Crippen LogP contribution >= 0.6 is 0 Å². The molecule has 0 spiro atoms. The van der Waals surface area contributed by atoms with Crippen LogP contribution in [0, 0.1) is 5.92 Å². The number of rotatable bonds is 5. The summed E-state index contributed by atoms with van der Waals surface area (Å²) in [5.74, 6) is 0.666. The molecular formula is C18H23N5O2. The first-order chi connectivity index (χ1) is 12.3. The Hall–Kier alpha value is -2.15. The average molecular weight is 341 g/mol. The van der Waals surface area contributed by atoms with Gasteiger partial charge in [-0.2, -0.15) is 0 Å². The first-order valence-electron chi connectivity index (χ1n) is 9.31. The maximum atomic E-state index is 12.4. The summed E-state index contributed by atoms with van der Waals surface area (Å²) >= 11 is 0. The van der Waals surface area contributed by atoms with E-state index in [1.807, 2.05) is 6.07 Å². The van der Waals surface area contributed by atoms with Crippen LogP contribution in [0.5, 0.6) is 0 Å². The number of carbonyl (C=O) groups excluding carboxylic acids is 1. The van der Waals surface area contributed by atoms with E-state index in [1.165, 1.54) is 32.5 Å². The van der Waals surface area contributed by atoms with Gasteiger partial charge in [0.05, 0.1) is 5.69 Å². The largest absolute Gasteiger partial charge is 0.369 e. The van der Waals surface area contributed by atoms with Gasteiger partial charge in [-0.15, -0.1) is 0 Å². The summed E-state index contributed by atoms with van der Waals surface area (Å²) in [6, 6.07) is 4.06. The number of likely N-dealkylation sites (tertiary alicyclic amines) is 1. The highest BCUT2D eigenvalue weighted by Crippen LogP contribution is 2.32. The minimum absolute atomic E-state index is 0.0252. The fourth-order valence-corrected chi connectivity index (χ4v) is 3.95. The van der Waals surface area contributed by atoms with Gasteiger partial charge in [-0.3, -0.25) is 4.79 Å². The summed E-state index contributed by atoms with van der Waals surface area (Å²) < 4.78 is 4.92. The van der Waals surface area contributed by atoms with E-state index in [2.05, 4.69) is 25.4 Å². The van der Waals surface area contributed by atoms with Crippen molar-refractivity contribution >= 4 is 22.6 Å². The molecule has 7 nitrogen and oxygen atoms in total. The number of amides is 1. The summed E-state index contributed by atoms with van der Waals surface area (Å²) in [5.41, 5.74) is 3.02. The molecule has 2 aromatic rings. The van der Waals surface area contributed by atoms with Gasteiger partial charge in [0.25, 0.3) is 5.91 Å². The zero-order chi connectivity index (χ0) is 16.8. The first-order valence-corrected chi connectivity index (χ1v) is 9.31. The molecule has 3 fully saturated rings. The van der Waals surface area contributed by atoms with Gasteiger partial charge in [-0.05, 0) is 61.2 Å². The molecule has 5 rings (SSSR count). The summed E-state index contributed by atoms with van der Waals surface area (Å²) in [6.45, 7) is 5.67. The standard InChI is InChI=1S/C18H23N5O2/c24-18(19-14-3-4-14)13-7-15-17(21-25-20-15)16(8-13)23-10-12(11-23)9-22-5-1-2-6-22/h7-8,12,14H,1-6,9-11H2,(H,19,24). The molecule has 1 amide bonds. The van der Waals surface area contributed by atoms with Crippen LogP contribution in [0.25, 0.3) is 11.0 Å². The molecule has 1 aliphatic carbocycles. The molecule has 2 aliphatic heterocycles. The Morgan fingerprint density at radius 3 is 2.76 bits per heavy atom. The van der Waals surface area contributed by atoms with Crippen LogP contribution in [0.4, 0.5) is 5.69 Å². The van der Waals surface area contributed by atoms with Crippen molar-refractivity contribution in [3.63, 3.8) is 0 Å². The highest BCUT2D eigenvalue weighted by molar-refractivity contribution is 6.01. The zero-order valence-corrected chi connectivity index (χ0v) is 14.3. The summed E-state index contributed by atoms with van der Waals surface area (Å²) in [6.07, 6.45) is 4.83. The van der Waals surface area contributed by atoms with E-state index < -0.39 is 0 Å². The predicted octanol–water partition coefficient (Wildman–Crippen LogP) is 1.65. The summed E-state index contributed by atoms with van der Waals surface area (Å²) in [4.78, 5) is 17.3. The molecule has 7 heteroatoms. The molecule has 1 saturated carbocycles. The second kappa shape index (κ2) is 5.98. The first kappa shape index (κ1) is 15.1. The number of anilines is 1. The minimum atomic E-state index is -0.0252. The van der Waals surface area contributed by atoms with Gasteiger partial charge in [0, 0.05) is 37.2 Å². The van der Waals surface area contributed by atoms with E-state index in [0.29, 0.717) is 23.0 Å². The normalized spacial score (nSPS) is 21.7. The molecular weight excluding hydrogens is 318 g/mol. The second-order valence-corrected chi connectivity index (χ2v) is 7.65. The van der Waals surface area contributed by atoms with Gasteiger partial charge >= 0.3 is 0 Å². The van der Waals surface area contributed by atoms with Gasteiger partial charge in [-0.1, -0.05) is 0 Å². The SMILES string of the molecule is O=C(NC1CC1)c1cc(N2CC(CN3CCCC3)C2)c2nonc2c1. The van der Waals surface area contributed by atoms with E-state index in [4.69, 9.17) is 4.63 Å². The highest BCUT2D eigenvalue weighted by Gasteiger charge is 2.32. The maximum Gasteiger partial charge on any atom is 0.251 e. The number of hydrogen-bond donors (Lipinski definition) is 1. The molecule has 0 atom stereocenters. The van der Waals surface area contributed by atoms with Gasteiger partial charge in [0.15, 0.2) is 5.52 Å². The topological polar surface area (TPSA) is 74.5 Å². The van der Waals surface area contributed by atoms with Crippen LogP contribution in [0.15, 0.2) is 16.8 Å². The fraction of sp³-hybridized carbons (Fsp3) is 0.611. The van der Waals surface area contributed by atoms with E-state index in [-0.39, 0.29) is 5.91 Å². The fourth-order valence-electron chi connectivity index (χ4n) is 3.95. The van der Waals surface area contributed by atoms with E-state index in [9.17, 15) is 4.79 Å². The van der Waals surface area contributed by atoms with Crippen LogP contribution in [0.3, 0.4) is 0 Å². The lowest BCUT2D eigenvalue weighted by molar-refractivity contribution is 0.0951. The predicted molar refractivity (Wildman–Crippen MR) is 93.7 cm³/mol. The van der Waals surface area contributed by atoms with Crippen molar-refractivity contribution in [3.05, 3.63) is 17.7 Å². The molecule has 1 aromatic heterocycles. The smallest absolute Gasteiger partial charge is 0.251 e. The van der Waals surface area contributed by atoms with Crippen LogP contribution in [-0.2, 0) is 0 Å². The van der Waals surface area contributed by atoms with E-state index in [1.54, 1.807) is 6.07 Å². The number of nitrogens with one attached hydrogen (secondary N) is 1. The Kier molecular flexibility index (Phi) is 3.62. The number of hydrogen-bond acceptors (Lipinski definition) is 6. The van der Waals surface area contributed by atoms with Crippen molar-refractivity contribution in [3.8, 4) is 0 Å². The molecule has 25 heavy (non-hydrogen) atoms. The second-order valence-electron chi connectivity index (χ2n) is 7.65. The highest BCUT2D eigenvalue weighted by atomic mass is 16.6. The molecule has 1 N–H and O–H groups in total. The van der Waals surface area contributed by atoms with E-state index in [0.717, 1.165) is 37.1 Å².